The minimum absolute atomic E-state index is 0.00459. The number of halogens is 3. The van der Waals surface area contributed by atoms with Crippen LogP contribution >= 0.6 is 0 Å². The molecule has 166 valence electrons. The maximum Gasteiger partial charge on any atom is 0.391 e. The molecule has 3 fully saturated rings. The number of hydrogen-bond donors (Lipinski definition) is 3. The van der Waals surface area contributed by atoms with E-state index in [1.165, 1.54) is 6.42 Å². The van der Waals surface area contributed by atoms with Gasteiger partial charge in [-0.2, -0.15) is 13.2 Å². The first-order valence-electron chi connectivity index (χ1n) is 11.0. The number of carbonyl (C=O) groups excluding carboxylic acids is 1. The lowest BCUT2D eigenvalue weighted by Gasteiger charge is -2.35. The van der Waals surface area contributed by atoms with Gasteiger partial charge < -0.3 is 21.3 Å². The third kappa shape index (κ3) is 4.92. The minimum Gasteiger partial charge on any atom is -0.396 e. The number of alkyl halides is 3. The Bertz CT molecular complexity index is 767. The predicted octanol–water partition coefficient (Wildman–Crippen LogP) is 4.08. The second kappa shape index (κ2) is 8.51. The number of pyridine rings is 1. The Morgan fingerprint density at radius 3 is 2.30 bits per heavy atom. The summed E-state index contributed by atoms with van der Waals surface area (Å²) in [6.07, 6.45) is 3.16. The predicted molar refractivity (Wildman–Crippen MR) is 111 cm³/mol. The molecule has 1 aromatic rings. The van der Waals surface area contributed by atoms with Crippen LogP contribution in [0.5, 0.6) is 0 Å². The number of nitrogen functional groups attached to an aromatic ring is 1. The van der Waals surface area contributed by atoms with Gasteiger partial charge in [0.25, 0.3) is 5.91 Å². The van der Waals surface area contributed by atoms with E-state index in [2.05, 4.69) is 15.6 Å². The van der Waals surface area contributed by atoms with Crippen LogP contribution in [0.2, 0.25) is 0 Å². The van der Waals surface area contributed by atoms with Gasteiger partial charge in [-0.15, -0.1) is 0 Å². The summed E-state index contributed by atoms with van der Waals surface area (Å²) in [5.41, 5.74) is 6.92. The molecule has 0 radical (unpaired) electrons. The van der Waals surface area contributed by atoms with Gasteiger partial charge in [0, 0.05) is 25.2 Å². The van der Waals surface area contributed by atoms with Crippen molar-refractivity contribution in [1.29, 1.82) is 0 Å². The highest BCUT2D eigenvalue weighted by molar-refractivity contribution is 6.01. The standard InChI is InChI=1S/C21H30F3N5O/c22-21(23,24)13-8-10-29(11-9-13)19-16(20(30)27-14-4-2-1-3-5-14)12-17(25)18(28-19)26-15-6-7-15/h12-15H,1-11,25H2,(H,26,28)(H,27,30). The van der Waals surface area contributed by atoms with Crippen LogP contribution in [0.1, 0.15) is 68.1 Å². The maximum absolute atomic E-state index is 13.1. The van der Waals surface area contributed by atoms with E-state index in [9.17, 15) is 18.0 Å². The number of aromatic nitrogens is 1. The van der Waals surface area contributed by atoms with E-state index in [-0.39, 0.29) is 37.9 Å². The number of nitrogens with one attached hydrogen (secondary N) is 2. The van der Waals surface area contributed by atoms with Crippen LogP contribution in [0.15, 0.2) is 6.07 Å². The second-order valence-corrected chi connectivity index (χ2v) is 8.83. The number of rotatable bonds is 5. The molecule has 2 aliphatic carbocycles. The molecule has 1 aliphatic heterocycles. The number of carbonyl (C=O) groups is 1. The Balaban J connectivity index is 1.56. The lowest BCUT2D eigenvalue weighted by molar-refractivity contribution is -0.179. The summed E-state index contributed by atoms with van der Waals surface area (Å²) in [6, 6.07) is 2.08. The fourth-order valence-electron chi connectivity index (χ4n) is 4.39. The highest BCUT2D eigenvalue weighted by atomic mass is 19.4. The molecule has 30 heavy (non-hydrogen) atoms. The molecule has 1 amide bonds. The van der Waals surface area contributed by atoms with Crippen LogP contribution in [0.3, 0.4) is 0 Å². The molecule has 0 unspecified atom stereocenters. The van der Waals surface area contributed by atoms with Gasteiger partial charge in [0.2, 0.25) is 0 Å². The molecular weight excluding hydrogens is 395 g/mol. The third-order valence-corrected chi connectivity index (χ3v) is 6.39. The largest absolute Gasteiger partial charge is 0.396 e. The summed E-state index contributed by atoms with van der Waals surface area (Å²) in [5.74, 6) is -0.598. The average Bonchev–Trinajstić information content (AvgIpc) is 3.53. The molecule has 0 spiro atoms. The van der Waals surface area contributed by atoms with Gasteiger partial charge >= 0.3 is 6.18 Å². The van der Waals surface area contributed by atoms with Crippen molar-refractivity contribution in [2.24, 2.45) is 5.92 Å². The van der Waals surface area contributed by atoms with E-state index in [1.807, 2.05) is 0 Å². The molecule has 0 atom stereocenters. The molecule has 9 heteroatoms. The van der Waals surface area contributed by atoms with Gasteiger partial charge in [-0.25, -0.2) is 4.98 Å². The average molecular weight is 425 g/mol. The molecule has 1 saturated heterocycles. The zero-order valence-corrected chi connectivity index (χ0v) is 17.1. The summed E-state index contributed by atoms with van der Waals surface area (Å²) in [4.78, 5) is 19.5. The lowest BCUT2D eigenvalue weighted by Crippen LogP contribution is -2.41. The second-order valence-electron chi connectivity index (χ2n) is 8.83. The smallest absolute Gasteiger partial charge is 0.391 e. The fourth-order valence-corrected chi connectivity index (χ4v) is 4.39. The van der Waals surface area contributed by atoms with Crippen molar-refractivity contribution in [3.8, 4) is 0 Å². The van der Waals surface area contributed by atoms with E-state index >= 15 is 0 Å². The summed E-state index contributed by atoms with van der Waals surface area (Å²) >= 11 is 0. The third-order valence-electron chi connectivity index (χ3n) is 6.39. The fraction of sp³-hybridized carbons (Fsp3) is 0.714. The zero-order chi connectivity index (χ0) is 21.3. The molecule has 3 aliphatic rings. The molecule has 2 heterocycles. The molecule has 1 aromatic heterocycles. The Morgan fingerprint density at radius 1 is 1.03 bits per heavy atom. The number of anilines is 3. The molecule has 2 saturated carbocycles. The summed E-state index contributed by atoms with van der Waals surface area (Å²) < 4.78 is 39.2. The van der Waals surface area contributed by atoms with E-state index in [4.69, 9.17) is 5.73 Å². The van der Waals surface area contributed by atoms with Gasteiger partial charge in [0.05, 0.1) is 17.2 Å². The number of nitrogens with two attached hydrogens (primary N) is 1. The van der Waals surface area contributed by atoms with Crippen LogP contribution in [-0.4, -0.2) is 42.2 Å². The number of piperidine rings is 1. The van der Waals surface area contributed by atoms with Crippen LogP contribution in [0.25, 0.3) is 0 Å². The number of amides is 1. The normalized spacial score (nSPS) is 21.5. The first kappa shape index (κ1) is 21.1. The lowest BCUT2D eigenvalue weighted by atomic mass is 9.95. The van der Waals surface area contributed by atoms with Gasteiger partial charge in [-0.05, 0) is 44.6 Å². The van der Waals surface area contributed by atoms with Gasteiger partial charge in [-0.1, -0.05) is 19.3 Å². The summed E-state index contributed by atoms with van der Waals surface area (Å²) in [6.45, 7) is 0.432. The highest BCUT2D eigenvalue weighted by Gasteiger charge is 2.41. The van der Waals surface area contributed by atoms with Crippen molar-refractivity contribution in [1.82, 2.24) is 10.3 Å². The van der Waals surface area contributed by atoms with Gasteiger partial charge in [0.1, 0.15) is 5.82 Å². The Labute approximate surface area is 174 Å². The number of nitrogens with zero attached hydrogens (tertiary/aromatic N) is 2. The Kier molecular flexibility index (Phi) is 5.97. The van der Waals surface area contributed by atoms with E-state index in [0.29, 0.717) is 28.9 Å². The molecule has 6 nitrogen and oxygen atoms in total. The van der Waals surface area contributed by atoms with Crippen LogP contribution < -0.4 is 21.3 Å². The van der Waals surface area contributed by atoms with E-state index in [1.54, 1.807) is 11.0 Å². The monoisotopic (exact) mass is 425 g/mol. The van der Waals surface area contributed by atoms with Crippen LogP contribution in [0.4, 0.5) is 30.5 Å². The quantitative estimate of drug-likeness (QED) is 0.662. The first-order chi connectivity index (χ1) is 14.3. The first-order valence-corrected chi connectivity index (χ1v) is 11.0. The SMILES string of the molecule is Nc1cc(C(=O)NC2CCCCC2)c(N2CCC(C(F)(F)F)CC2)nc1NC1CC1. The van der Waals surface area contributed by atoms with Crippen molar-refractivity contribution in [3.63, 3.8) is 0 Å². The summed E-state index contributed by atoms with van der Waals surface area (Å²) in [7, 11) is 0. The van der Waals surface area contributed by atoms with Crippen LogP contribution in [0, 0.1) is 5.92 Å². The molecule has 4 N–H and O–H groups in total. The summed E-state index contributed by atoms with van der Waals surface area (Å²) in [5, 5.41) is 6.36. The molecule has 0 aromatic carbocycles. The van der Waals surface area contributed by atoms with Gasteiger partial charge in [0.15, 0.2) is 5.82 Å². The van der Waals surface area contributed by atoms with E-state index in [0.717, 1.165) is 38.5 Å². The topological polar surface area (TPSA) is 83.3 Å². The maximum atomic E-state index is 13.1. The van der Waals surface area contributed by atoms with Gasteiger partial charge in [-0.3, -0.25) is 4.79 Å². The van der Waals surface area contributed by atoms with Crippen LogP contribution in [-0.2, 0) is 0 Å². The Hall–Kier alpha value is -2.19. The van der Waals surface area contributed by atoms with Crippen molar-refractivity contribution in [2.45, 2.75) is 76.0 Å². The van der Waals surface area contributed by atoms with Crippen molar-refractivity contribution in [3.05, 3.63) is 11.6 Å². The van der Waals surface area contributed by atoms with Crippen molar-refractivity contribution in [2.75, 3.05) is 29.0 Å². The molecular formula is C21H30F3N5O. The molecule has 4 rings (SSSR count). The van der Waals surface area contributed by atoms with Crippen molar-refractivity contribution < 1.29 is 18.0 Å². The highest BCUT2D eigenvalue weighted by Crippen LogP contribution is 2.37. The number of hydrogen-bond acceptors (Lipinski definition) is 5. The minimum atomic E-state index is -4.18. The zero-order valence-electron chi connectivity index (χ0n) is 17.1. The van der Waals surface area contributed by atoms with E-state index < -0.39 is 12.1 Å². The molecule has 0 bridgehead atoms. The Morgan fingerprint density at radius 2 is 1.70 bits per heavy atom. The van der Waals surface area contributed by atoms with Crippen molar-refractivity contribution >= 4 is 23.2 Å².